The lowest BCUT2D eigenvalue weighted by Crippen LogP contribution is -2.57. The fourth-order valence-electron chi connectivity index (χ4n) is 9.73. The minimum absolute atomic E-state index is 0.0198. The van der Waals surface area contributed by atoms with E-state index in [1.807, 2.05) is 13.8 Å². The fourth-order valence-corrected chi connectivity index (χ4v) is 11.3. The van der Waals surface area contributed by atoms with Gasteiger partial charge in [-0.1, -0.05) is 25.5 Å². The van der Waals surface area contributed by atoms with Crippen molar-refractivity contribution in [2.75, 3.05) is 92.0 Å². The number of carbonyl (C=O) groups excluding carboxylic acids is 6. The number of thioether (sulfide) groups is 1. The van der Waals surface area contributed by atoms with Crippen molar-refractivity contribution in [1.82, 2.24) is 37.2 Å². The molecule has 0 aromatic carbocycles. The fraction of sp³-hybridized carbons (Fsp3) is 0.816. The second kappa shape index (κ2) is 29.7. The highest BCUT2D eigenvalue weighted by Gasteiger charge is 2.72. The van der Waals surface area contributed by atoms with E-state index in [4.69, 9.17) is 37.9 Å². The Kier molecular flexibility index (Phi) is 24.2. The summed E-state index contributed by atoms with van der Waals surface area (Å²) in [4.78, 5) is 86.3. The van der Waals surface area contributed by atoms with Gasteiger partial charge in [-0.3, -0.25) is 19.2 Å². The third kappa shape index (κ3) is 19.1. The summed E-state index contributed by atoms with van der Waals surface area (Å²) in [5.41, 5.74) is 0.388. The van der Waals surface area contributed by atoms with Crippen LogP contribution in [-0.4, -0.2) is 198 Å². The number of carboxylic acid groups (broad SMARTS) is 1. The third-order valence-corrected chi connectivity index (χ3v) is 15.3. The zero-order valence-electron chi connectivity index (χ0n) is 43.4. The van der Waals surface area contributed by atoms with Crippen LogP contribution in [0.3, 0.4) is 0 Å². The Morgan fingerprint density at radius 1 is 0.863 bits per heavy atom. The van der Waals surface area contributed by atoms with Crippen LogP contribution in [0.15, 0.2) is 11.6 Å². The molecule has 11 atom stereocenters. The average molecular weight is 1060 g/mol. The number of amides is 7. The molecule has 7 amide bonds. The third-order valence-electron chi connectivity index (χ3n) is 13.7. The molecule has 5 aliphatic rings. The summed E-state index contributed by atoms with van der Waals surface area (Å²) < 4.78 is 45.8. The van der Waals surface area contributed by atoms with Crippen molar-refractivity contribution < 1.29 is 76.6 Å². The summed E-state index contributed by atoms with van der Waals surface area (Å²) in [6.45, 7) is 11.6. The molecule has 4 saturated heterocycles. The molecule has 1 spiro atoms. The first-order chi connectivity index (χ1) is 35.0. The van der Waals surface area contributed by atoms with Crippen molar-refractivity contribution in [3.8, 4) is 0 Å². The molecule has 23 nitrogen and oxygen atoms in total. The summed E-state index contributed by atoms with van der Waals surface area (Å²) in [6.07, 6.45) is 5.68. The van der Waals surface area contributed by atoms with Crippen molar-refractivity contribution >= 4 is 53.5 Å². The molecule has 24 heteroatoms. The predicted octanol–water partition coefficient (Wildman–Crippen LogP) is 1.30. The normalized spacial score (nSPS) is 27.4. The van der Waals surface area contributed by atoms with E-state index < -0.39 is 47.9 Å². The first-order valence-corrected chi connectivity index (χ1v) is 26.8. The smallest absolute Gasteiger partial charge is 0.408 e. The van der Waals surface area contributed by atoms with E-state index in [1.165, 1.54) is 5.57 Å². The molecule has 0 aromatic heterocycles. The van der Waals surface area contributed by atoms with Crippen molar-refractivity contribution in [1.29, 1.82) is 0 Å². The number of epoxide rings is 2. The van der Waals surface area contributed by atoms with Gasteiger partial charge in [-0.2, -0.15) is 11.8 Å². The zero-order valence-corrected chi connectivity index (χ0v) is 44.2. The number of hydrogen-bond acceptors (Lipinski definition) is 16. The van der Waals surface area contributed by atoms with E-state index >= 15 is 0 Å². The highest BCUT2D eigenvalue weighted by molar-refractivity contribution is 8.00. The number of fused-ring (bicyclic) bond motifs is 1. The molecule has 5 fully saturated rings. The molecule has 1 aliphatic carbocycles. The maximum Gasteiger partial charge on any atom is 0.408 e. The Hall–Kier alpha value is -4.30. The molecule has 4 aliphatic heterocycles. The van der Waals surface area contributed by atoms with E-state index in [1.54, 1.807) is 18.9 Å². The topological polar surface area (TPSA) is 304 Å². The van der Waals surface area contributed by atoms with Crippen molar-refractivity contribution in [2.45, 2.75) is 151 Å². The van der Waals surface area contributed by atoms with E-state index in [9.17, 15) is 38.7 Å². The van der Waals surface area contributed by atoms with E-state index in [0.29, 0.717) is 51.7 Å². The summed E-state index contributed by atoms with van der Waals surface area (Å²) in [6, 6.07) is -1.82. The zero-order chi connectivity index (χ0) is 53.0. The molecule has 0 bridgehead atoms. The number of methoxy groups -OCH3 is 1. The number of ether oxygens (including phenoxy) is 8. The Labute approximate surface area is 432 Å². The predicted molar refractivity (Wildman–Crippen MR) is 267 cm³/mol. The highest BCUT2D eigenvalue weighted by Crippen LogP contribution is 2.59. The second-order valence-electron chi connectivity index (χ2n) is 20.0. The monoisotopic (exact) mass is 1060 g/mol. The first kappa shape index (κ1) is 59.6. The van der Waals surface area contributed by atoms with Crippen LogP contribution in [-0.2, 0) is 61.9 Å². The molecule has 0 radical (unpaired) electrons. The standard InChI is InChI=1S/C49H81N7O16S/c1-30(2)13-14-36-48(5,72-36)43-42(65-6)34(15-16-49(43)29-70-49)71-47(64)56-40(31(3)4)44(60)52-19-21-67-22-24-68-26-38(58)51-18-20-66-23-25-69-27-39(59)53-32(45(61)62)10-7-8-17-50-37(57)12-9-11-35-41-33(28-73-35)54-46(63)55-41/h13,31-36,40-43H,7-12,14-29H2,1-6H3,(H,50,57)(H,51,58)(H,52,60)(H,53,59)(H,56,64)(H,61,62)(H2,54,55,63)/t32?,33?,34-,35?,36-,40-,41?,42-,43?,48+,49+/m1/s1. The average Bonchev–Trinajstić information content (AvgIpc) is 4.17. The van der Waals surface area contributed by atoms with E-state index in [0.717, 1.165) is 18.6 Å². The molecule has 1 saturated carbocycles. The molecule has 414 valence electrons. The molecule has 5 rings (SSSR count). The van der Waals surface area contributed by atoms with E-state index in [-0.39, 0.29) is 137 Å². The molecular weight excluding hydrogens is 975 g/mol. The summed E-state index contributed by atoms with van der Waals surface area (Å²) in [5, 5.41) is 29.2. The number of alkyl carbamates (subject to hydrolysis) is 1. The Morgan fingerprint density at radius 3 is 2.19 bits per heavy atom. The Morgan fingerprint density at radius 2 is 1.53 bits per heavy atom. The number of carboxylic acids is 1. The van der Waals surface area contributed by atoms with E-state index in [2.05, 4.69) is 64.1 Å². The van der Waals surface area contributed by atoms with Crippen LogP contribution in [0, 0.1) is 11.8 Å². The molecule has 0 aromatic rings. The van der Waals surface area contributed by atoms with Gasteiger partial charge in [0.05, 0.1) is 70.4 Å². The molecule has 8 N–H and O–H groups in total. The van der Waals surface area contributed by atoms with Gasteiger partial charge in [-0.15, -0.1) is 0 Å². The van der Waals surface area contributed by atoms with Gasteiger partial charge in [-0.05, 0) is 78.1 Å². The lowest BCUT2D eigenvalue weighted by Gasteiger charge is -2.42. The highest BCUT2D eigenvalue weighted by atomic mass is 32.2. The largest absolute Gasteiger partial charge is 0.480 e. The molecule has 4 heterocycles. The lowest BCUT2D eigenvalue weighted by molar-refractivity contribution is -0.142. The number of hydrogen-bond donors (Lipinski definition) is 8. The maximum absolute atomic E-state index is 13.2. The van der Waals surface area contributed by atoms with Gasteiger partial charge in [0.15, 0.2) is 0 Å². The van der Waals surface area contributed by atoms with Gasteiger partial charge in [0.25, 0.3) is 0 Å². The van der Waals surface area contributed by atoms with Gasteiger partial charge in [0.1, 0.15) is 48.7 Å². The van der Waals surface area contributed by atoms with Gasteiger partial charge in [0, 0.05) is 44.2 Å². The van der Waals surface area contributed by atoms with Crippen molar-refractivity contribution in [3.63, 3.8) is 0 Å². The van der Waals surface area contributed by atoms with Crippen LogP contribution in [0.2, 0.25) is 0 Å². The summed E-state index contributed by atoms with van der Waals surface area (Å²) in [5.74, 6) is -2.04. The summed E-state index contributed by atoms with van der Waals surface area (Å²) >= 11 is 1.81. The molecular formula is C49H81N7O16S. The Bertz CT molecular complexity index is 1870. The maximum atomic E-state index is 13.2. The number of rotatable bonds is 35. The quantitative estimate of drug-likeness (QED) is 0.0192. The Balaban J connectivity index is 0.811. The number of urea groups is 1. The first-order valence-electron chi connectivity index (χ1n) is 25.7. The number of carbonyl (C=O) groups is 7. The summed E-state index contributed by atoms with van der Waals surface area (Å²) in [7, 11) is 1.61. The second-order valence-corrected chi connectivity index (χ2v) is 21.2. The SMILES string of the molecule is CO[C@H]1C([C@@]2(C)O[C@@H]2CC=C(C)C)[C@]2(CC[C@H]1OC(=O)N[C@@H](C(=O)NCCOCCOCC(=O)NCCOCCOCC(=O)NC(CCCCNC(=O)CCCC1SCC3NC(=O)NC31)C(=O)O)C(C)C)CO2. The molecule has 5 unspecified atom stereocenters. The van der Waals surface area contributed by atoms with Crippen LogP contribution in [0.5, 0.6) is 0 Å². The van der Waals surface area contributed by atoms with Crippen LogP contribution in [0.1, 0.15) is 92.4 Å². The van der Waals surface area contributed by atoms with Crippen LogP contribution in [0.25, 0.3) is 0 Å². The van der Waals surface area contributed by atoms with Crippen LogP contribution in [0.4, 0.5) is 9.59 Å². The number of aliphatic carboxylic acids is 1. The lowest BCUT2D eigenvalue weighted by atomic mass is 9.68. The number of allylic oxidation sites excluding steroid dienone is 1. The molecule has 73 heavy (non-hydrogen) atoms. The number of unbranched alkanes of at least 4 members (excludes halogenated alkanes) is 1. The number of nitrogens with one attached hydrogen (secondary N) is 7. The van der Waals surface area contributed by atoms with Crippen molar-refractivity contribution in [3.05, 3.63) is 11.6 Å². The minimum Gasteiger partial charge on any atom is -0.480 e. The van der Waals surface area contributed by atoms with Gasteiger partial charge in [-0.25, -0.2) is 14.4 Å². The van der Waals surface area contributed by atoms with Crippen LogP contribution < -0.4 is 37.2 Å². The van der Waals surface area contributed by atoms with Crippen LogP contribution >= 0.6 is 11.8 Å². The van der Waals surface area contributed by atoms with Crippen molar-refractivity contribution in [2.24, 2.45) is 11.8 Å². The minimum atomic E-state index is -1.16. The van der Waals surface area contributed by atoms with Gasteiger partial charge >= 0.3 is 18.1 Å². The van der Waals surface area contributed by atoms with Gasteiger partial charge < -0.3 is 80.2 Å². The van der Waals surface area contributed by atoms with Gasteiger partial charge in [0.2, 0.25) is 23.6 Å².